The van der Waals surface area contributed by atoms with Gasteiger partial charge in [0, 0.05) is 11.1 Å². The van der Waals surface area contributed by atoms with Crippen molar-refractivity contribution >= 4 is 23.7 Å². The molecular formula is C5H9ClN2S. The van der Waals surface area contributed by atoms with E-state index in [1.165, 1.54) is 4.88 Å². The summed E-state index contributed by atoms with van der Waals surface area (Å²) >= 11 is 1.66. The van der Waals surface area contributed by atoms with Crippen LogP contribution in [0.4, 0.5) is 0 Å². The molecule has 0 saturated carbocycles. The highest BCUT2D eigenvalue weighted by atomic mass is 35.5. The minimum absolute atomic E-state index is 0. The summed E-state index contributed by atoms with van der Waals surface area (Å²) in [6.45, 7) is 0.724. The summed E-state index contributed by atoms with van der Waals surface area (Å²) < 4.78 is 0. The van der Waals surface area contributed by atoms with Crippen molar-refractivity contribution in [3.8, 4) is 0 Å². The summed E-state index contributed by atoms with van der Waals surface area (Å²) in [6.07, 6.45) is 2.82. The van der Waals surface area contributed by atoms with E-state index < -0.39 is 0 Å². The molecule has 0 bridgehead atoms. The number of halogens is 1. The van der Waals surface area contributed by atoms with Crippen LogP contribution in [0.3, 0.4) is 0 Å². The molecule has 0 spiro atoms. The maximum absolute atomic E-state index is 5.30. The van der Waals surface area contributed by atoms with E-state index in [0.717, 1.165) is 13.0 Å². The molecular weight excluding hydrogens is 156 g/mol. The Morgan fingerprint density at radius 3 is 2.89 bits per heavy atom. The lowest BCUT2D eigenvalue weighted by Crippen LogP contribution is -2.00. The van der Waals surface area contributed by atoms with Crippen LogP contribution in [0.5, 0.6) is 0 Å². The average molecular weight is 165 g/mol. The largest absolute Gasteiger partial charge is 0.330 e. The summed E-state index contributed by atoms with van der Waals surface area (Å²) in [5.74, 6) is 0. The van der Waals surface area contributed by atoms with E-state index in [9.17, 15) is 0 Å². The Kier molecular flexibility index (Phi) is 4.67. The fourth-order valence-corrected chi connectivity index (χ4v) is 1.12. The molecule has 1 rings (SSSR count). The van der Waals surface area contributed by atoms with E-state index in [1.54, 1.807) is 11.3 Å². The Labute approximate surface area is 64.5 Å². The third kappa shape index (κ3) is 2.79. The molecule has 1 heterocycles. The van der Waals surface area contributed by atoms with Gasteiger partial charge in [-0.15, -0.1) is 23.7 Å². The highest BCUT2D eigenvalue weighted by Gasteiger charge is 1.88. The van der Waals surface area contributed by atoms with Crippen LogP contribution in [0.2, 0.25) is 0 Å². The van der Waals surface area contributed by atoms with E-state index in [-0.39, 0.29) is 12.4 Å². The molecule has 0 unspecified atom stereocenters. The van der Waals surface area contributed by atoms with Crippen LogP contribution in [0.25, 0.3) is 0 Å². The van der Waals surface area contributed by atoms with Crippen molar-refractivity contribution in [3.05, 3.63) is 16.6 Å². The van der Waals surface area contributed by atoms with Crippen molar-refractivity contribution in [3.63, 3.8) is 0 Å². The minimum atomic E-state index is 0. The first-order valence-corrected chi connectivity index (χ1v) is 3.39. The van der Waals surface area contributed by atoms with Gasteiger partial charge in [-0.1, -0.05) is 0 Å². The Balaban J connectivity index is 0.000000640. The second kappa shape index (κ2) is 4.73. The third-order valence-corrected chi connectivity index (χ3v) is 1.71. The Morgan fingerprint density at radius 1 is 1.67 bits per heavy atom. The second-order valence-corrected chi connectivity index (χ2v) is 2.48. The fraction of sp³-hybridized carbons (Fsp3) is 0.400. The molecule has 1 aromatic heterocycles. The van der Waals surface area contributed by atoms with Gasteiger partial charge in [0.05, 0.1) is 5.51 Å². The van der Waals surface area contributed by atoms with Gasteiger partial charge in [0.15, 0.2) is 0 Å². The minimum Gasteiger partial charge on any atom is -0.330 e. The van der Waals surface area contributed by atoms with Gasteiger partial charge in [-0.2, -0.15) is 0 Å². The number of rotatable bonds is 2. The molecule has 0 aliphatic rings. The normalized spacial score (nSPS) is 8.56. The molecule has 4 heteroatoms. The molecule has 2 N–H and O–H groups in total. The van der Waals surface area contributed by atoms with Gasteiger partial charge in [-0.05, 0) is 13.0 Å². The van der Waals surface area contributed by atoms with Crippen LogP contribution >= 0.6 is 23.7 Å². The van der Waals surface area contributed by atoms with E-state index in [0.29, 0.717) is 0 Å². The number of nitrogens with two attached hydrogens (primary N) is 1. The van der Waals surface area contributed by atoms with Crippen LogP contribution in [0, 0.1) is 0 Å². The van der Waals surface area contributed by atoms with Gasteiger partial charge >= 0.3 is 0 Å². The van der Waals surface area contributed by atoms with Crippen LogP contribution in [0.1, 0.15) is 4.88 Å². The number of aromatic nitrogens is 1. The highest BCUT2D eigenvalue weighted by molar-refractivity contribution is 7.09. The predicted octanol–water partition coefficient (Wildman–Crippen LogP) is 1.07. The van der Waals surface area contributed by atoms with Crippen molar-refractivity contribution in [1.82, 2.24) is 4.98 Å². The number of hydrogen-bond acceptors (Lipinski definition) is 3. The smallest absolute Gasteiger partial charge is 0.0794 e. The van der Waals surface area contributed by atoms with Gasteiger partial charge < -0.3 is 5.73 Å². The molecule has 0 aromatic carbocycles. The van der Waals surface area contributed by atoms with E-state index in [1.807, 2.05) is 11.7 Å². The molecule has 1 aromatic rings. The first-order valence-electron chi connectivity index (χ1n) is 2.51. The van der Waals surface area contributed by atoms with Gasteiger partial charge in [-0.25, -0.2) is 0 Å². The molecule has 0 aliphatic heterocycles. The lowest BCUT2D eigenvalue weighted by Gasteiger charge is -1.84. The van der Waals surface area contributed by atoms with E-state index in [4.69, 9.17) is 5.73 Å². The zero-order valence-corrected chi connectivity index (χ0v) is 6.54. The predicted molar refractivity (Wildman–Crippen MR) is 42.1 cm³/mol. The number of nitrogens with zero attached hydrogens (tertiary/aromatic N) is 1. The molecule has 9 heavy (non-hydrogen) atoms. The van der Waals surface area contributed by atoms with E-state index in [2.05, 4.69) is 4.98 Å². The Hall–Kier alpha value is -0.120. The first kappa shape index (κ1) is 8.88. The second-order valence-electron chi connectivity index (χ2n) is 1.51. The lowest BCUT2D eigenvalue weighted by molar-refractivity contribution is 0.984. The summed E-state index contributed by atoms with van der Waals surface area (Å²) in [5, 5.41) is 0. The number of hydrogen-bond donors (Lipinski definition) is 1. The van der Waals surface area contributed by atoms with Gasteiger partial charge in [0.1, 0.15) is 0 Å². The first-order chi connectivity index (χ1) is 3.93. The van der Waals surface area contributed by atoms with Gasteiger partial charge in [0.25, 0.3) is 0 Å². The summed E-state index contributed by atoms with van der Waals surface area (Å²) in [4.78, 5) is 5.17. The summed E-state index contributed by atoms with van der Waals surface area (Å²) in [5.41, 5.74) is 7.12. The molecule has 0 fully saturated rings. The molecule has 0 saturated heterocycles. The Morgan fingerprint density at radius 2 is 2.44 bits per heavy atom. The number of thiazole rings is 1. The topological polar surface area (TPSA) is 38.9 Å². The monoisotopic (exact) mass is 164 g/mol. The molecule has 0 atom stereocenters. The quantitative estimate of drug-likeness (QED) is 0.710. The van der Waals surface area contributed by atoms with Crippen LogP contribution < -0.4 is 5.73 Å². The van der Waals surface area contributed by atoms with Gasteiger partial charge in [0.2, 0.25) is 0 Å². The Bertz CT molecular complexity index is 141. The molecule has 52 valence electrons. The molecule has 2 nitrogen and oxygen atoms in total. The zero-order valence-electron chi connectivity index (χ0n) is 4.91. The maximum atomic E-state index is 5.30. The van der Waals surface area contributed by atoms with Crippen LogP contribution in [0.15, 0.2) is 11.7 Å². The zero-order chi connectivity index (χ0) is 5.82. The van der Waals surface area contributed by atoms with Crippen LogP contribution in [-0.4, -0.2) is 11.5 Å². The van der Waals surface area contributed by atoms with Crippen molar-refractivity contribution in [2.45, 2.75) is 6.42 Å². The standard InChI is InChI=1S/C5H8N2S.ClH/c6-2-1-5-3-7-4-8-5;/h3-4H,1-2,6H2;1H. The fourth-order valence-electron chi connectivity index (χ4n) is 0.508. The highest BCUT2D eigenvalue weighted by Crippen LogP contribution is 2.03. The summed E-state index contributed by atoms with van der Waals surface area (Å²) in [7, 11) is 0. The van der Waals surface area contributed by atoms with Crippen molar-refractivity contribution < 1.29 is 0 Å². The lowest BCUT2D eigenvalue weighted by atomic mass is 10.4. The van der Waals surface area contributed by atoms with Crippen molar-refractivity contribution in [2.75, 3.05) is 6.54 Å². The summed E-state index contributed by atoms with van der Waals surface area (Å²) in [6, 6.07) is 0. The molecule has 0 radical (unpaired) electrons. The van der Waals surface area contributed by atoms with E-state index >= 15 is 0 Å². The maximum Gasteiger partial charge on any atom is 0.0794 e. The SMILES string of the molecule is Cl.NCCc1cncs1. The molecule has 0 aliphatic carbocycles. The average Bonchev–Trinajstić information content (AvgIpc) is 2.19. The van der Waals surface area contributed by atoms with Crippen LogP contribution in [-0.2, 0) is 6.42 Å². The van der Waals surface area contributed by atoms with Gasteiger partial charge in [-0.3, -0.25) is 4.98 Å². The van der Waals surface area contributed by atoms with Crippen molar-refractivity contribution in [2.24, 2.45) is 5.73 Å². The molecule has 0 amide bonds. The van der Waals surface area contributed by atoms with Crippen molar-refractivity contribution in [1.29, 1.82) is 0 Å². The third-order valence-electron chi connectivity index (χ3n) is 0.874.